The molecule has 0 aromatic carbocycles. The molecule has 0 spiro atoms. The summed E-state index contributed by atoms with van der Waals surface area (Å²) in [7, 11) is -3.09. The molecule has 120 valence electrons. The number of aromatic nitrogens is 1. The van der Waals surface area contributed by atoms with Gasteiger partial charge in [-0.15, -0.1) is 0 Å². The number of hydrogen-bond acceptors (Lipinski definition) is 5. The van der Waals surface area contributed by atoms with E-state index in [4.69, 9.17) is 0 Å². The van der Waals surface area contributed by atoms with Gasteiger partial charge in [-0.05, 0) is 45.0 Å². The van der Waals surface area contributed by atoms with Crippen molar-refractivity contribution in [1.29, 1.82) is 0 Å². The first-order valence-electron chi connectivity index (χ1n) is 7.64. The van der Waals surface area contributed by atoms with Crippen LogP contribution in [0.25, 0.3) is 0 Å². The highest BCUT2D eigenvalue weighted by atomic mass is 32.2. The maximum atomic E-state index is 12.3. The van der Waals surface area contributed by atoms with E-state index in [1.54, 1.807) is 12.1 Å². The molecule has 2 unspecified atom stereocenters. The van der Waals surface area contributed by atoms with Crippen LogP contribution in [0.15, 0.2) is 18.2 Å². The Kier molecular flexibility index (Phi) is 4.18. The van der Waals surface area contributed by atoms with Crippen molar-refractivity contribution in [3.8, 4) is 0 Å². The van der Waals surface area contributed by atoms with E-state index in [0.717, 1.165) is 31.6 Å². The van der Waals surface area contributed by atoms with Crippen molar-refractivity contribution in [2.24, 2.45) is 0 Å². The topological polar surface area (TPSA) is 79.4 Å². The van der Waals surface area contributed by atoms with E-state index < -0.39 is 9.84 Å². The number of amides is 1. The second-order valence-corrected chi connectivity index (χ2v) is 8.29. The molecule has 2 atom stereocenters. The fraction of sp³-hybridized carbons (Fsp3) is 0.600. The number of sulfone groups is 1. The highest BCUT2D eigenvalue weighted by molar-refractivity contribution is 7.91. The van der Waals surface area contributed by atoms with E-state index in [9.17, 15) is 13.2 Å². The monoisotopic (exact) mass is 323 g/mol. The first kappa shape index (κ1) is 15.4. The summed E-state index contributed by atoms with van der Waals surface area (Å²) in [5.74, 6) is -0.139. The molecule has 0 saturated carbocycles. The summed E-state index contributed by atoms with van der Waals surface area (Å²) in [5, 5.41) is 2.88. The lowest BCUT2D eigenvalue weighted by Crippen LogP contribution is -2.50. The second kappa shape index (κ2) is 5.96. The Morgan fingerprint density at radius 2 is 2.00 bits per heavy atom. The number of hydrogen-bond donors (Lipinski definition) is 1. The van der Waals surface area contributed by atoms with Crippen LogP contribution in [0.3, 0.4) is 0 Å². The first-order valence-corrected chi connectivity index (χ1v) is 9.46. The van der Waals surface area contributed by atoms with Crippen LogP contribution in [0.5, 0.6) is 0 Å². The SMILES string of the molecule is Cc1cccc(C(=O)NC2CS(=O)(=O)CC2N2CCCC2)n1. The van der Waals surface area contributed by atoms with E-state index >= 15 is 0 Å². The molecular formula is C15H21N3O3S. The van der Waals surface area contributed by atoms with Crippen molar-refractivity contribution in [2.75, 3.05) is 24.6 Å². The number of pyridine rings is 1. The van der Waals surface area contributed by atoms with Gasteiger partial charge in [0, 0.05) is 11.7 Å². The Bertz CT molecular complexity index is 668. The number of nitrogens with zero attached hydrogens (tertiary/aromatic N) is 2. The quantitative estimate of drug-likeness (QED) is 0.870. The molecule has 0 aliphatic carbocycles. The fourth-order valence-electron chi connectivity index (χ4n) is 3.31. The van der Waals surface area contributed by atoms with E-state index in [1.807, 2.05) is 13.0 Å². The van der Waals surface area contributed by atoms with Crippen LogP contribution in [0.1, 0.15) is 29.0 Å². The summed E-state index contributed by atoms with van der Waals surface area (Å²) < 4.78 is 24.0. The summed E-state index contributed by atoms with van der Waals surface area (Å²) >= 11 is 0. The first-order chi connectivity index (χ1) is 10.4. The number of carbonyl (C=O) groups is 1. The van der Waals surface area contributed by atoms with Gasteiger partial charge in [-0.2, -0.15) is 0 Å². The van der Waals surface area contributed by atoms with Crippen LogP contribution in [0, 0.1) is 6.92 Å². The molecule has 1 aromatic rings. The largest absolute Gasteiger partial charge is 0.345 e. The highest BCUT2D eigenvalue weighted by Crippen LogP contribution is 2.22. The molecule has 1 aromatic heterocycles. The average molecular weight is 323 g/mol. The molecule has 2 fully saturated rings. The minimum absolute atomic E-state index is 0.0196. The van der Waals surface area contributed by atoms with Gasteiger partial charge in [0.1, 0.15) is 5.69 Å². The van der Waals surface area contributed by atoms with E-state index in [1.165, 1.54) is 0 Å². The fourth-order valence-corrected chi connectivity index (χ4v) is 5.26. The summed E-state index contributed by atoms with van der Waals surface area (Å²) in [5.41, 5.74) is 1.10. The van der Waals surface area contributed by atoms with Crippen LogP contribution in [-0.2, 0) is 9.84 Å². The zero-order valence-corrected chi connectivity index (χ0v) is 13.5. The van der Waals surface area contributed by atoms with Gasteiger partial charge >= 0.3 is 0 Å². The van der Waals surface area contributed by atoms with E-state index in [2.05, 4.69) is 15.2 Å². The van der Waals surface area contributed by atoms with Crippen molar-refractivity contribution in [2.45, 2.75) is 31.8 Å². The minimum atomic E-state index is -3.09. The second-order valence-electron chi connectivity index (χ2n) is 6.13. The van der Waals surface area contributed by atoms with Crippen molar-refractivity contribution >= 4 is 15.7 Å². The number of carbonyl (C=O) groups excluding carboxylic acids is 1. The molecule has 2 aliphatic heterocycles. The van der Waals surface area contributed by atoms with Crippen LogP contribution < -0.4 is 5.32 Å². The average Bonchev–Trinajstić information content (AvgIpc) is 3.06. The number of rotatable bonds is 3. The van der Waals surface area contributed by atoms with Gasteiger partial charge in [0.15, 0.2) is 9.84 Å². The highest BCUT2D eigenvalue weighted by Gasteiger charge is 2.42. The molecule has 3 heterocycles. The summed E-state index contributed by atoms with van der Waals surface area (Å²) in [6.45, 7) is 3.65. The van der Waals surface area contributed by atoms with Gasteiger partial charge in [0.25, 0.3) is 5.91 Å². The maximum absolute atomic E-state index is 12.3. The van der Waals surface area contributed by atoms with Crippen molar-refractivity contribution < 1.29 is 13.2 Å². The summed E-state index contributed by atoms with van der Waals surface area (Å²) in [6, 6.07) is 4.79. The predicted molar refractivity (Wildman–Crippen MR) is 83.5 cm³/mol. The molecule has 2 saturated heterocycles. The molecular weight excluding hydrogens is 302 g/mol. The summed E-state index contributed by atoms with van der Waals surface area (Å²) in [4.78, 5) is 18.7. The molecule has 1 N–H and O–H groups in total. The smallest absolute Gasteiger partial charge is 0.270 e. The Morgan fingerprint density at radius 3 is 2.68 bits per heavy atom. The van der Waals surface area contributed by atoms with Crippen molar-refractivity contribution in [3.05, 3.63) is 29.6 Å². The molecule has 6 nitrogen and oxygen atoms in total. The zero-order valence-electron chi connectivity index (χ0n) is 12.7. The van der Waals surface area contributed by atoms with Gasteiger partial charge in [-0.3, -0.25) is 9.69 Å². The van der Waals surface area contributed by atoms with Crippen LogP contribution in [-0.4, -0.2) is 60.9 Å². The van der Waals surface area contributed by atoms with E-state index in [0.29, 0.717) is 5.69 Å². The molecule has 0 bridgehead atoms. The van der Waals surface area contributed by atoms with Crippen molar-refractivity contribution in [1.82, 2.24) is 15.2 Å². The normalized spacial score (nSPS) is 27.9. The summed E-state index contributed by atoms with van der Waals surface area (Å²) in [6.07, 6.45) is 2.19. The van der Waals surface area contributed by atoms with Crippen LogP contribution in [0.2, 0.25) is 0 Å². The Balaban J connectivity index is 1.75. The van der Waals surface area contributed by atoms with Crippen LogP contribution in [0.4, 0.5) is 0 Å². The number of aryl methyl sites for hydroxylation is 1. The van der Waals surface area contributed by atoms with Gasteiger partial charge < -0.3 is 5.32 Å². The number of nitrogens with one attached hydrogen (secondary N) is 1. The third kappa shape index (κ3) is 3.30. The number of likely N-dealkylation sites (tertiary alicyclic amines) is 1. The molecule has 7 heteroatoms. The molecule has 0 radical (unpaired) electrons. The third-order valence-electron chi connectivity index (χ3n) is 4.37. The van der Waals surface area contributed by atoms with Crippen molar-refractivity contribution in [3.63, 3.8) is 0 Å². The molecule has 1 amide bonds. The van der Waals surface area contributed by atoms with Gasteiger partial charge in [-0.25, -0.2) is 13.4 Å². The zero-order chi connectivity index (χ0) is 15.7. The van der Waals surface area contributed by atoms with E-state index in [-0.39, 0.29) is 29.5 Å². The van der Waals surface area contributed by atoms with Gasteiger partial charge in [0.2, 0.25) is 0 Å². The lowest BCUT2D eigenvalue weighted by molar-refractivity contribution is 0.0913. The van der Waals surface area contributed by atoms with Gasteiger partial charge in [-0.1, -0.05) is 6.07 Å². The van der Waals surface area contributed by atoms with Gasteiger partial charge in [0.05, 0.1) is 17.5 Å². The molecule has 22 heavy (non-hydrogen) atoms. The third-order valence-corrected chi connectivity index (χ3v) is 6.09. The Hall–Kier alpha value is -1.47. The maximum Gasteiger partial charge on any atom is 0.270 e. The lowest BCUT2D eigenvalue weighted by Gasteiger charge is -2.28. The standard InChI is InChI=1S/C15H21N3O3S/c1-11-5-4-6-12(16-11)15(19)17-13-9-22(20,21)10-14(13)18-7-2-3-8-18/h4-6,13-14H,2-3,7-10H2,1H3,(H,17,19). The lowest BCUT2D eigenvalue weighted by atomic mass is 10.1. The Labute approximate surface area is 130 Å². The minimum Gasteiger partial charge on any atom is -0.345 e. The van der Waals surface area contributed by atoms with Crippen LogP contribution >= 0.6 is 0 Å². The molecule has 3 rings (SSSR count). The molecule has 2 aliphatic rings. The predicted octanol–water partition coefficient (Wildman–Crippen LogP) is 0.381. The Morgan fingerprint density at radius 1 is 1.27 bits per heavy atom.